The van der Waals surface area contributed by atoms with Gasteiger partial charge < -0.3 is 9.84 Å². The monoisotopic (exact) mass is 274 g/mol. The van der Waals surface area contributed by atoms with Gasteiger partial charge in [0.25, 0.3) is 0 Å². The molecule has 0 spiro atoms. The lowest BCUT2D eigenvalue weighted by Gasteiger charge is -2.53. The Morgan fingerprint density at radius 2 is 2.06 bits per heavy atom. The predicted molar refractivity (Wildman–Crippen MR) is 76.3 cm³/mol. The van der Waals surface area contributed by atoms with Crippen molar-refractivity contribution in [3.8, 4) is 0 Å². The zero-order valence-electron chi connectivity index (χ0n) is 11.7. The van der Waals surface area contributed by atoms with Crippen LogP contribution in [0.3, 0.4) is 0 Å². The van der Waals surface area contributed by atoms with Gasteiger partial charge >= 0.3 is 0 Å². The zero-order valence-corrected chi connectivity index (χ0v) is 12.6. The molecule has 5 heteroatoms. The molecule has 2 aliphatic heterocycles. The van der Waals surface area contributed by atoms with Crippen molar-refractivity contribution < 1.29 is 9.84 Å². The molecule has 0 aliphatic carbocycles. The Bertz CT molecular complexity index is 282. The first-order valence-corrected chi connectivity index (χ1v) is 7.48. The van der Waals surface area contributed by atoms with Gasteiger partial charge in [-0.2, -0.15) is 12.6 Å². The third-order valence-corrected chi connectivity index (χ3v) is 4.98. The lowest BCUT2D eigenvalue weighted by Crippen LogP contribution is -2.67. The fraction of sp³-hybridized carbons (Fsp3) is 1.00. The van der Waals surface area contributed by atoms with Gasteiger partial charge in [-0.05, 0) is 20.8 Å². The molecular weight excluding hydrogens is 248 g/mol. The molecule has 18 heavy (non-hydrogen) atoms. The van der Waals surface area contributed by atoms with Crippen LogP contribution in [-0.4, -0.2) is 77.2 Å². The molecule has 1 N–H and O–H groups in total. The van der Waals surface area contributed by atoms with Gasteiger partial charge in [0.15, 0.2) is 0 Å². The van der Waals surface area contributed by atoms with Gasteiger partial charge in [0, 0.05) is 43.5 Å². The van der Waals surface area contributed by atoms with E-state index in [0.717, 1.165) is 38.5 Å². The van der Waals surface area contributed by atoms with Gasteiger partial charge in [0.05, 0.1) is 18.8 Å². The number of rotatable bonds is 4. The van der Waals surface area contributed by atoms with Gasteiger partial charge in [-0.1, -0.05) is 0 Å². The van der Waals surface area contributed by atoms with E-state index >= 15 is 0 Å². The average Bonchev–Trinajstić information content (AvgIpc) is 2.34. The lowest BCUT2D eigenvalue weighted by atomic mass is 9.89. The van der Waals surface area contributed by atoms with E-state index in [0.29, 0.717) is 6.04 Å². The minimum atomic E-state index is -0.152. The second-order valence-electron chi connectivity index (χ2n) is 6.10. The van der Waals surface area contributed by atoms with Gasteiger partial charge in [-0.15, -0.1) is 0 Å². The Hall–Kier alpha value is 0.190. The van der Waals surface area contributed by atoms with Gasteiger partial charge in [0.2, 0.25) is 0 Å². The molecule has 4 nitrogen and oxygen atoms in total. The van der Waals surface area contributed by atoms with Crippen molar-refractivity contribution in [2.75, 3.05) is 38.5 Å². The second-order valence-corrected chi connectivity index (χ2v) is 6.46. The Balaban J connectivity index is 1.95. The number of nitrogens with zero attached hydrogens (tertiary/aromatic N) is 2. The molecule has 106 valence electrons. The average molecular weight is 274 g/mol. The first kappa shape index (κ1) is 14.6. The maximum Gasteiger partial charge on any atom is 0.0880 e. The first-order chi connectivity index (χ1) is 8.45. The Morgan fingerprint density at radius 1 is 1.39 bits per heavy atom. The SMILES string of the molecule is CC(CS)N1CCOC(C(C)(C)N2CC(O)C2)C1. The third kappa shape index (κ3) is 2.85. The van der Waals surface area contributed by atoms with Crippen molar-refractivity contribution in [3.63, 3.8) is 0 Å². The van der Waals surface area contributed by atoms with E-state index in [2.05, 4.69) is 43.2 Å². The summed E-state index contributed by atoms with van der Waals surface area (Å²) < 4.78 is 5.97. The highest BCUT2D eigenvalue weighted by atomic mass is 32.1. The van der Waals surface area contributed by atoms with Crippen LogP contribution >= 0.6 is 12.6 Å². The van der Waals surface area contributed by atoms with Crippen LogP contribution in [0.5, 0.6) is 0 Å². The van der Waals surface area contributed by atoms with Crippen LogP contribution < -0.4 is 0 Å². The molecule has 2 fully saturated rings. The summed E-state index contributed by atoms with van der Waals surface area (Å²) in [6.45, 7) is 11.0. The third-order valence-electron chi connectivity index (χ3n) is 4.45. The summed E-state index contributed by atoms with van der Waals surface area (Å²) in [6, 6.07) is 0.498. The summed E-state index contributed by atoms with van der Waals surface area (Å²) in [5.41, 5.74) is -0.00574. The van der Waals surface area contributed by atoms with E-state index in [1.165, 1.54) is 0 Å². The van der Waals surface area contributed by atoms with E-state index in [9.17, 15) is 5.11 Å². The predicted octanol–water partition coefficient (Wildman–Crippen LogP) is 0.461. The quantitative estimate of drug-likeness (QED) is 0.730. The van der Waals surface area contributed by atoms with Crippen LogP contribution in [0.1, 0.15) is 20.8 Å². The van der Waals surface area contributed by atoms with Crippen molar-refractivity contribution in [2.45, 2.75) is 44.6 Å². The highest BCUT2D eigenvalue weighted by molar-refractivity contribution is 7.80. The fourth-order valence-corrected chi connectivity index (χ4v) is 2.97. The number of thiol groups is 1. The number of aliphatic hydroxyl groups is 1. The summed E-state index contributed by atoms with van der Waals surface area (Å²) in [4.78, 5) is 4.77. The lowest BCUT2D eigenvalue weighted by molar-refractivity contribution is -0.145. The summed E-state index contributed by atoms with van der Waals surface area (Å²) in [5, 5.41) is 9.46. The van der Waals surface area contributed by atoms with Crippen molar-refractivity contribution in [3.05, 3.63) is 0 Å². The summed E-state index contributed by atoms with van der Waals surface area (Å²) in [5.74, 6) is 0.885. The van der Waals surface area contributed by atoms with Crippen LogP contribution in [0.25, 0.3) is 0 Å². The number of morpholine rings is 1. The minimum absolute atomic E-state index is 0.00574. The Labute approximate surface area is 116 Å². The molecular formula is C13H26N2O2S. The topological polar surface area (TPSA) is 35.9 Å². The van der Waals surface area contributed by atoms with E-state index < -0.39 is 0 Å². The van der Waals surface area contributed by atoms with Crippen LogP contribution in [-0.2, 0) is 4.74 Å². The molecule has 0 amide bonds. The van der Waals surface area contributed by atoms with E-state index in [-0.39, 0.29) is 17.7 Å². The number of hydrogen-bond donors (Lipinski definition) is 2. The molecule has 0 saturated carbocycles. The molecule has 0 bridgehead atoms. The highest BCUT2D eigenvalue weighted by Crippen LogP contribution is 2.29. The molecule has 2 heterocycles. The first-order valence-electron chi connectivity index (χ1n) is 6.84. The fourth-order valence-electron chi connectivity index (χ4n) is 2.74. The number of likely N-dealkylation sites (tertiary alicyclic amines) is 1. The molecule has 2 atom stereocenters. The number of β-amino-alcohol motifs (C(OH)–C–C–N with tert-alkyl or cyclic N) is 1. The summed E-state index contributed by atoms with van der Waals surface area (Å²) in [6.07, 6.45) is 0.0569. The maximum atomic E-state index is 9.46. The summed E-state index contributed by atoms with van der Waals surface area (Å²) >= 11 is 4.38. The van der Waals surface area contributed by atoms with Gasteiger partial charge in [-0.3, -0.25) is 9.80 Å². The highest BCUT2D eigenvalue weighted by Gasteiger charge is 2.44. The normalized spacial score (nSPS) is 30.2. The molecule has 0 aromatic carbocycles. The van der Waals surface area contributed by atoms with Crippen molar-refractivity contribution in [1.29, 1.82) is 0 Å². The van der Waals surface area contributed by atoms with Gasteiger partial charge in [0.1, 0.15) is 0 Å². The smallest absolute Gasteiger partial charge is 0.0880 e. The maximum absolute atomic E-state index is 9.46. The molecule has 0 aromatic rings. The van der Waals surface area contributed by atoms with Crippen LogP contribution in [0.2, 0.25) is 0 Å². The minimum Gasteiger partial charge on any atom is -0.390 e. The number of ether oxygens (including phenoxy) is 1. The second kappa shape index (κ2) is 5.67. The molecule has 0 aromatic heterocycles. The Kier molecular flexibility index (Phi) is 4.60. The summed E-state index contributed by atoms with van der Waals surface area (Å²) in [7, 11) is 0. The van der Waals surface area contributed by atoms with E-state index in [1.807, 2.05) is 0 Å². The molecule has 2 saturated heterocycles. The van der Waals surface area contributed by atoms with Crippen LogP contribution in [0.15, 0.2) is 0 Å². The van der Waals surface area contributed by atoms with E-state index in [4.69, 9.17) is 4.74 Å². The largest absolute Gasteiger partial charge is 0.390 e. The van der Waals surface area contributed by atoms with E-state index in [1.54, 1.807) is 0 Å². The number of hydrogen-bond acceptors (Lipinski definition) is 5. The molecule has 2 unspecified atom stereocenters. The van der Waals surface area contributed by atoms with Crippen molar-refractivity contribution >= 4 is 12.6 Å². The number of aliphatic hydroxyl groups excluding tert-OH is 1. The van der Waals surface area contributed by atoms with Gasteiger partial charge in [-0.25, -0.2) is 0 Å². The van der Waals surface area contributed by atoms with Crippen molar-refractivity contribution in [1.82, 2.24) is 9.80 Å². The van der Waals surface area contributed by atoms with Crippen LogP contribution in [0, 0.1) is 0 Å². The molecule has 2 aliphatic rings. The van der Waals surface area contributed by atoms with Crippen molar-refractivity contribution in [2.24, 2.45) is 0 Å². The molecule has 2 rings (SSSR count). The van der Waals surface area contributed by atoms with Crippen LogP contribution in [0.4, 0.5) is 0 Å². The molecule has 0 radical (unpaired) electrons. The Morgan fingerprint density at radius 3 is 2.61 bits per heavy atom. The zero-order chi connectivity index (χ0) is 13.3. The standard InChI is InChI=1S/C13H26N2O2S/c1-10(9-18)14-4-5-17-12(8-14)13(2,3)15-6-11(16)7-15/h10-12,16,18H,4-9H2,1-3H3.